The number of aliphatic hydroxyl groups is 1. The Morgan fingerprint density at radius 3 is 2.78 bits per heavy atom. The van der Waals surface area contributed by atoms with E-state index >= 15 is 0 Å². The summed E-state index contributed by atoms with van der Waals surface area (Å²) in [5.74, 6) is 1.33. The zero-order valence-corrected chi connectivity index (χ0v) is 18.9. The highest BCUT2D eigenvalue weighted by atomic mass is 35.5. The molecular weight excluding hydrogens is 448 g/mol. The molecule has 2 atom stereocenters. The number of hydrogen-bond acceptors (Lipinski definition) is 9. The molecule has 0 unspecified atom stereocenters. The van der Waals surface area contributed by atoms with Gasteiger partial charge < -0.3 is 20.7 Å². The lowest BCUT2D eigenvalue weighted by Gasteiger charge is -2.25. The lowest BCUT2D eigenvalue weighted by Crippen LogP contribution is -2.40. The van der Waals surface area contributed by atoms with Crippen LogP contribution in [0, 0.1) is 11.8 Å². The van der Waals surface area contributed by atoms with Crippen LogP contribution in [0.2, 0.25) is 5.02 Å². The standard InChI is InChI=1S/C21H21ClN8OS/c1-2-13-16(22)15-18(27-13)28-20(32-10-5-14-17(26-6-10)25-4-3-24-14)29-19(15)30-7-11-12(8-30)21(11,23)9-31/h3-6,11-12,31H,2,7-9,23H2,1H3,(H,27,28,29)/t11-,12-/m1/s1. The van der Waals surface area contributed by atoms with Crippen molar-refractivity contribution in [3.63, 3.8) is 0 Å². The summed E-state index contributed by atoms with van der Waals surface area (Å²) in [5.41, 5.74) is 8.83. The number of nitrogens with two attached hydrogens (primary N) is 1. The van der Waals surface area contributed by atoms with Crippen molar-refractivity contribution in [2.45, 2.75) is 28.9 Å². The van der Waals surface area contributed by atoms with Crippen molar-refractivity contribution in [1.82, 2.24) is 29.9 Å². The van der Waals surface area contributed by atoms with Gasteiger partial charge in [-0.25, -0.2) is 19.9 Å². The van der Waals surface area contributed by atoms with Gasteiger partial charge in [0.2, 0.25) is 0 Å². The molecule has 0 amide bonds. The number of H-pyrrole nitrogens is 1. The predicted molar refractivity (Wildman–Crippen MR) is 123 cm³/mol. The summed E-state index contributed by atoms with van der Waals surface area (Å²) in [6.07, 6.45) is 5.79. The molecule has 11 heteroatoms. The van der Waals surface area contributed by atoms with Crippen LogP contribution < -0.4 is 10.6 Å². The number of aromatic nitrogens is 6. The number of fused-ring (bicyclic) bond motifs is 3. The summed E-state index contributed by atoms with van der Waals surface area (Å²) in [7, 11) is 0. The van der Waals surface area contributed by atoms with Crippen LogP contribution >= 0.6 is 23.4 Å². The van der Waals surface area contributed by atoms with E-state index in [1.54, 1.807) is 18.6 Å². The third-order valence-corrected chi connectivity index (χ3v) is 7.89. The van der Waals surface area contributed by atoms with Gasteiger partial charge in [0.25, 0.3) is 0 Å². The van der Waals surface area contributed by atoms with Crippen LogP contribution in [0.1, 0.15) is 12.6 Å². The first-order valence-electron chi connectivity index (χ1n) is 10.5. The Kier molecular flexibility index (Phi) is 4.55. The maximum absolute atomic E-state index is 9.65. The van der Waals surface area contributed by atoms with Gasteiger partial charge in [-0.2, -0.15) is 0 Å². The summed E-state index contributed by atoms with van der Waals surface area (Å²) in [6.45, 7) is 3.55. The van der Waals surface area contributed by atoms with Crippen LogP contribution in [0.4, 0.5) is 5.82 Å². The number of aliphatic hydroxyl groups excluding tert-OH is 1. The van der Waals surface area contributed by atoms with Gasteiger partial charge in [-0.05, 0) is 24.2 Å². The van der Waals surface area contributed by atoms with Crippen molar-refractivity contribution in [3.05, 3.63) is 35.4 Å². The quantitative estimate of drug-likeness (QED) is 0.378. The first-order chi connectivity index (χ1) is 15.5. The van der Waals surface area contributed by atoms with Gasteiger partial charge in [0.05, 0.1) is 17.0 Å². The fourth-order valence-electron chi connectivity index (χ4n) is 4.77. The van der Waals surface area contributed by atoms with Gasteiger partial charge in [0, 0.05) is 59.6 Å². The Labute approximate surface area is 192 Å². The summed E-state index contributed by atoms with van der Waals surface area (Å²) in [5, 5.41) is 11.7. The molecule has 0 bridgehead atoms. The highest BCUT2D eigenvalue weighted by Crippen LogP contribution is 2.54. The summed E-state index contributed by atoms with van der Waals surface area (Å²) < 4.78 is 0. The Hall–Kier alpha value is -2.53. The fourth-order valence-corrected chi connectivity index (χ4v) is 5.88. The molecular formula is C21H21ClN8OS. The van der Waals surface area contributed by atoms with E-state index in [1.807, 2.05) is 6.07 Å². The normalized spacial score (nSPS) is 24.4. The SMILES string of the molecule is CCc1[nH]c2nc(Sc3cnc4nccnc4c3)nc(N3C[C@@H]4[C@@H](C3)C4(N)CO)c2c1Cl. The molecule has 2 fully saturated rings. The van der Waals surface area contributed by atoms with Gasteiger partial charge in [-0.3, -0.25) is 4.98 Å². The Morgan fingerprint density at radius 2 is 2.03 bits per heavy atom. The number of nitrogens with zero attached hydrogens (tertiary/aromatic N) is 6. The van der Waals surface area contributed by atoms with E-state index in [0.29, 0.717) is 15.8 Å². The van der Waals surface area contributed by atoms with Crippen LogP contribution in [0.25, 0.3) is 22.2 Å². The molecule has 32 heavy (non-hydrogen) atoms. The highest BCUT2D eigenvalue weighted by Gasteiger charge is 2.66. The maximum atomic E-state index is 9.65. The number of rotatable bonds is 5. The summed E-state index contributed by atoms with van der Waals surface area (Å²) in [4.78, 5) is 29.0. The molecule has 4 aromatic rings. The zero-order valence-electron chi connectivity index (χ0n) is 17.3. The van der Waals surface area contributed by atoms with E-state index in [-0.39, 0.29) is 18.4 Å². The first kappa shape index (κ1) is 20.1. The lowest BCUT2D eigenvalue weighted by molar-refractivity contribution is 0.237. The molecule has 2 aliphatic rings. The van der Waals surface area contributed by atoms with Crippen LogP contribution in [0.5, 0.6) is 0 Å². The Balaban J connectivity index is 1.40. The first-order valence-corrected chi connectivity index (χ1v) is 11.7. The second-order valence-corrected chi connectivity index (χ2v) is 9.80. The maximum Gasteiger partial charge on any atom is 0.196 e. The van der Waals surface area contributed by atoms with E-state index in [4.69, 9.17) is 27.3 Å². The number of aryl methyl sites for hydroxylation is 1. The van der Waals surface area contributed by atoms with Crippen molar-refractivity contribution in [2.75, 3.05) is 24.6 Å². The van der Waals surface area contributed by atoms with Crippen LogP contribution in [0.15, 0.2) is 34.7 Å². The molecule has 1 saturated carbocycles. The van der Waals surface area contributed by atoms with E-state index in [9.17, 15) is 5.11 Å². The molecule has 1 aliphatic heterocycles. The third kappa shape index (κ3) is 2.97. The minimum absolute atomic E-state index is 0.0131. The molecule has 1 saturated heterocycles. The highest BCUT2D eigenvalue weighted by molar-refractivity contribution is 7.99. The van der Waals surface area contributed by atoms with E-state index in [0.717, 1.165) is 52.5 Å². The smallest absolute Gasteiger partial charge is 0.196 e. The van der Waals surface area contributed by atoms with Crippen molar-refractivity contribution >= 4 is 51.4 Å². The molecule has 6 rings (SSSR count). The number of halogens is 1. The second-order valence-electron chi connectivity index (χ2n) is 8.39. The molecule has 1 aliphatic carbocycles. The summed E-state index contributed by atoms with van der Waals surface area (Å²) >= 11 is 8.14. The van der Waals surface area contributed by atoms with E-state index in [1.165, 1.54) is 11.8 Å². The fraction of sp³-hybridized carbons (Fsp3) is 0.381. The minimum Gasteiger partial charge on any atom is -0.394 e. The number of aromatic amines is 1. The second kappa shape index (κ2) is 7.24. The molecule has 0 spiro atoms. The average Bonchev–Trinajstić information content (AvgIpc) is 3.14. The topological polar surface area (TPSA) is 130 Å². The number of anilines is 1. The lowest BCUT2D eigenvalue weighted by atomic mass is 10.2. The van der Waals surface area contributed by atoms with Gasteiger partial charge in [0.15, 0.2) is 10.8 Å². The molecule has 164 valence electrons. The van der Waals surface area contributed by atoms with Gasteiger partial charge in [0.1, 0.15) is 17.0 Å². The number of nitrogens with one attached hydrogen (secondary N) is 1. The molecule has 4 N–H and O–H groups in total. The van der Waals surface area contributed by atoms with Crippen LogP contribution in [-0.2, 0) is 6.42 Å². The molecule has 0 aromatic carbocycles. The van der Waals surface area contributed by atoms with Crippen molar-refractivity contribution < 1.29 is 5.11 Å². The van der Waals surface area contributed by atoms with E-state index < -0.39 is 5.54 Å². The molecule has 9 nitrogen and oxygen atoms in total. The van der Waals surface area contributed by atoms with Crippen LogP contribution in [0.3, 0.4) is 0 Å². The van der Waals surface area contributed by atoms with Crippen molar-refractivity contribution in [2.24, 2.45) is 17.6 Å². The van der Waals surface area contributed by atoms with E-state index in [2.05, 4.69) is 31.8 Å². The Morgan fingerprint density at radius 1 is 1.25 bits per heavy atom. The van der Waals surface area contributed by atoms with Gasteiger partial charge >= 0.3 is 0 Å². The predicted octanol–water partition coefficient (Wildman–Crippen LogP) is 2.42. The minimum atomic E-state index is -0.464. The van der Waals surface area contributed by atoms with Crippen molar-refractivity contribution in [3.8, 4) is 0 Å². The number of hydrogen-bond donors (Lipinski definition) is 3. The third-order valence-electron chi connectivity index (χ3n) is 6.65. The Bertz CT molecular complexity index is 1350. The zero-order chi connectivity index (χ0) is 22.0. The van der Waals surface area contributed by atoms with Gasteiger partial charge in [-0.1, -0.05) is 18.5 Å². The number of pyridine rings is 1. The molecule has 4 aromatic heterocycles. The molecule has 0 radical (unpaired) electrons. The monoisotopic (exact) mass is 468 g/mol. The number of piperidine rings is 1. The molecule has 5 heterocycles. The van der Waals surface area contributed by atoms with Crippen LogP contribution in [-0.4, -0.2) is 60.2 Å². The summed E-state index contributed by atoms with van der Waals surface area (Å²) in [6, 6.07) is 1.93. The average molecular weight is 469 g/mol. The van der Waals surface area contributed by atoms with Crippen molar-refractivity contribution in [1.29, 1.82) is 0 Å². The van der Waals surface area contributed by atoms with Gasteiger partial charge in [-0.15, -0.1) is 0 Å². The largest absolute Gasteiger partial charge is 0.394 e.